The van der Waals surface area contributed by atoms with Crippen molar-refractivity contribution >= 4 is 29.9 Å². The Morgan fingerprint density at radius 3 is 2.12 bits per heavy atom. The fourth-order valence-electron chi connectivity index (χ4n) is 1.24. The second kappa shape index (κ2) is 11.5. The van der Waals surface area contributed by atoms with Crippen LogP contribution < -0.4 is 10.6 Å². The van der Waals surface area contributed by atoms with E-state index in [1.165, 1.54) is 12.8 Å². The van der Waals surface area contributed by atoms with Crippen molar-refractivity contribution in [1.29, 1.82) is 0 Å². The Labute approximate surface area is 118 Å². The van der Waals surface area contributed by atoms with Crippen LogP contribution in [0.25, 0.3) is 0 Å². The standard InChI is InChI=1S/C12H27N3.HI/c1-10(2)7-6-8-14-12(13-5)15-9-11(3)4;/h10-11H,6-9H2,1-5H3,(H2,13,14,15);1H. The van der Waals surface area contributed by atoms with Crippen molar-refractivity contribution in [3.8, 4) is 0 Å². The van der Waals surface area contributed by atoms with Crippen LogP contribution in [0.2, 0.25) is 0 Å². The SMILES string of the molecule is CN=C(NCCCC(C)C)NCC(C)C.I. The van der Waals surface area contributed by atoms with Gasteiger partial charge in [0.05, 0.1) is 0 Å². The summed E-state index contributed by atoms with van der Waals surface area (Å²) in [7, 11) is 1.82. The molecule has 0 aliphatic heterocycles. The first kappa shape index (κ1) is 18.4. The lowest BCUT2D eigenvalue weighted by atomic mass is 10.1. The number of hydrogen-bond donors (Lipinski definition) is 2. The predicted molar refractivity (Wildman–Crippen MR) is 83.7 cm³/mol. The van der Waals surface area contributed by atoms with Gasteiger partial charge in [-0.2, -0.15) is 0 Å². The lowest BCUT2D eigenvalue weighted by Gasteiger charge is -2.13. The van der Waals surface area contributed by atoms with E-state index in [1.54, 1.807) is 0 Å². The molecule has 0 aliphatic rings. The van der Waals surface area contributed by atoms with E-state index in [-0.39, 0.29) is 24.0 Å². The lowest BCUT2D eigenvalue weighted by molar-refractivity contribution is 0.547. The van der Waals surface area contributed by atoms with Gasteiger partial charge in [0, 0.05) is 20.1 Å². The molecule has 0 rings (SSSR count). The Bertz CT molecular complexity index is 179. The van der Waals surface area contributed by atoms with Crippen LogP contribution in [0.4, 0.5) is 0 Å². The molecule has 3 nitrogen and oxygen atoms in total. The van der Waals surface area contributed by atoms with E-state index >= 15 is 0 Å². The smallest absolute Gasteiger partial charge is 0.190 e. The number of halogens is 1. The summed E-state index contributed by atoms with van der Waals surface area (Å²) >= 11 is 0. The number of nitrogens with zero attached hydrogens (tertiary/aromatic N) is 1. The van der Waals surface area contributed by atoms with Crippen LogP contribution in [0.5, 0.6) is 0 Å². The van der Waals surface area contributed by atoms with Crippen LogP contribution in [0.15, 0.2) is 4.99 Å². The van der Waals surface area contributed by atoms with Gasteiger partial charge in [0.15, 0.2) is 5.96 Å². The molecule has 16 heavy (non-hydrogen) atoms. The third-order valence-corrected chi connectivity index (χ3v) is 2.15. The normalized spacial score (nSPS) is 11.6. The summed E-state index contributed by atoms with van der Waals surface area (Å²) in [4.78, 5) is 4.17. The molecule has 0 bridgehead atoms. The van der Waals surface area contributed by atoms with Gasteiger partial charge in [-0.3, -0.25) is 4.99 Å². The Balaban J connectivity index is 0. The van der Waals surface area contributed by atoms with Gasteiger partial charge in [-0.25, -0.2) is 0 Å². The van der Waals surface area contributed by atoms with Gasteiger partial charge in [-0.15, -0.1) is 24.0 Å². The molecule has 0 saturated heterocycles. The molecule has 0 atom stereocenters. The molecule has 0 aliphatic carbocycles. The van der Waals surface area contributed by atoms with Crippen molar-refractivity contribution in [3.05, 3.63) is 0 Å². The van der Waals surface area contributed by atoms with Crippen LogP contribution in [-0.4, -0.2) is 26.1 Å². The Morgan fingerprint density at radius 1 is 1.06 bits per heavy atom. The summed E-state index contributed by atoms with van der Waals surface area (Å²) in [5.74, 6) is 2.36. The molecule has 98 valence electrons. The molecule has 0 aromatic heterocycles. The van der Waals surface area contributed by atoms with E-state index in [4.69, 9.17) is 0 Å². The Morgan fingerprint density at radius 2 is 1.69 bits per heavy atom. The Hall–Kier alpha value is 0. The van der Waals surface area contributed by atoms with Crippen LogP contribution in [0, 0.1) is 11.8 Å². The van der Waals surface area contributed by atoms with Gasteiger partial charge in [-0.05, 0) is 24.7 Å². The molecule has 4 heteroatoms. The molecule has 0 fully saturated rings. The number of hydrogen-bond acceptors (Lipinski definition) is 1. The van der Waals surface area contributed by atoms with Crippen LogP contribution >= 0.6 is 24.0 Å². The van der Waals surface area contributed by atoms with E-state index in [9.17, 15) is 0 Å². The molecule has 0 saturated carbocycles. The zero-order valence-electron chi connectivity index (χ0n) is 11.3. The number of guanidine groups is 1. The van der Waals surface area contributed by atoms with E-state index in [0.717, 1.165) is 25.0 Å². The third kappa shape index (κ3) is 12.1. The zero-order valence-corrected chi connectivity index (χ0v) is 13.7. The fraction of sp³-hybridized carbons (Fsp3) is 0.917. The fourth-order valence-corrected chi connectivity index (χ4v) is 1.24. The first-order chi connectivity index (χ1) is 7.06. The summed E-state index contributed by atoms with van der Waals surface area (Å²) in [6.45, 7) is 10.9. The summed E-state index contributed by atoms with van der Waals surface area (Å²) < 4.78 is 0. The van der Waals surface area contributed by atoms with Gasteiger partial charge in [0.1, 0.15) is 0 Å². The Kier molecular flexibility index (Phi) is 13.2. The van der Waals surface area contributed by atoms with Gasteiger partial charge < -0.3 is 10.6 Å². The van der Waals surface area contributed by atoms with Gasteiger partial charge in [-0.1, -0.05) is 27.7 Å². The summed E-state index contributed by atoms with van der Waals surface area (Å²) in [6.07, 6.45) is 2.48. The minimum Gasteiger partial charge on any atom is -0.356 e. The van der Waals surface area contributed by atoms with E-state index in [0.29, 0.717) is 5.92 Å². The van der Waals surface area contributed by atoms with Crippen molar-refractivity contribution < 1.29 is 0 Å². The first-order valence-electron chi connectivity index (χ1n) is 6.00. The highest BCUT2D eigenvalue weighted by Gasteiger charge is 1.99. The van der Waals surface area contributed by atoms with Gasteiger partial charge >= 0.3 is 0 Å². The zero-order chi connectivity index (χ0) is 11.7. The van der Waals surface area contributed by atoms with Crippen LogP contribution in [-0.2, 0) is 0 Å². The maximum Gasteiger partial charge on any atom is 0.190 e. The molecule has 0 heterocycles. The quantitative estimate of drug-likeness (QED) is 0.337. The van der Waals surface area contributed by atoms with Crippen molar-refractivity contribution in [2.45, 2.75) is 40.5 Å². The van der Waals surface area contributed by atoms with E-state index in [2.05, 4.69) is 43.3 Å². The van der Waals surface area contributed by atoms with E-state index in [1.807, 2.05) is 7.05 Å². The van der Waals surface area contributed by atoms with E-state index < -0.39 is 0 Å². The topological polar surface area (TPSA) is 36.4 Å². The lowest BCUT2D eigenvalue weighted by Crippen LogP contribution is -2.39. The first-order valence-corrected chi connectivity index (χ1v) is 6.00. The number of nitrogens with one attached hydrogen (secondary N) is 2. The molecule has 0 radical (unpaired) electrons. The van der Waals surface area contributed by atoms with Crippen molar-refractivity contribution in [3.63, 3.8) is 0 Å². The highest BCUT2D eigenvalue weighted by atomic mass is 127. The van der Waals surface area contributed by atoms with Crippen molar-refractivity contribution in [2.24, 2.45) is 16.8 Å². The molecule has 0 unspecified atom stereocenters. The highest BCUT2D eigenvalue weighted by molar-refractivity contribution is 14.0. The third-order valence-electron chi connectivity index (χ3n) is 2.15. The molecular formula is C12H28IN3. The van der Waals surface area contributed by atoms with Crippen molar-refractivity contribution in [1.82, 2.24) is 10.6 Å². The largest absolute Gasteiger partial charge is 0.356 e. The minimum atomic E-state index is 0. The second-order valence-electron chi connectivity index (χ2n) is 4.81. The maximum absolute atomic E-state index is 4.17. The summed E-state index contributed by atoms with van der Waals surface area (Å²) in [5, 5.41) is 6.61. The molecule has 0 aromatic rings. The number of aliphatic imine (C=N–C) groups is 1. The van der Waals surface area contributed by atoms with Crippen molar-refractivity contribution in [2.75, 3.05) is 20.1 Å². The summed E-state index contributed by atoms with van der Waals surface area (Å²) in [6, 6.07) is 0. The average molecular weight is 341 g/mol. The predicted octanol–water partition coefficient (Wildman–Crippen LogP) is 2.86. The van der Waals surface area contributed by atoms with Crippen LogP contribution in [0.3, 0.4) is 0 Å². The molecule has 0 spiro atoms. The maximum atomic E-state index is 4.17. The molecular weight excluding hydrogens is 313 g/mol. The number of rotatable bonds is 6. The average Bonchev–Trinajstić information content (AvgIpc) is 2.16. The molecule has 2 N–H and O–H groups in total. The summed E-state index contributed by atoms with van der Waals surface area (Å²) in [5.41, 5.74) is 0. The van der Waals surface area contributed by atoms with Gasteiger partial charge in [0.2, 0.25) is 0 Å². The second-order valence-corrected chi connectivity index (χ2v) is 4.81. The van der Waals surface area contributed by atoms with Gasteiger partial charge in [0.25, 0.3) is 0 Å². The molecule has 0 aromatic carbocycles. The monoisotopic (exact) mass is 341 g/mol. The minimum absolute atomic E-state index is 0. The molecule has 0 amide bonds. The highest BCUT2D eigenvalue weighted by Crippen LogP contribution is 2.01. The van der Waals surface area contributed by atoms with Crippen LogP contribution in [0.1, 0.15) is 40.5 Å².